The molecule has 3 rings (SSSR count). The third-order valence-corrected chi connectivity index (χ3v) is 4.42. The molecule has 0 aromatic carbocycles. The van der Waals surface area contributed by atoms with E-state index in [9.17, 15) is 5.11 Å². The molecule has 0 radical (unpaired) electrons. The Kier molecular flexibility index (Phi) is 2.34. The van der Waals surface area contributed by atoms with Crippen LogP contribution in [0.4, 0.5) is 5.82 Å². The van der Waals surface area contributed by atoms with E-state index in [0.29, 0.717) is 17.0 Å². The average Bonchev–Trinajstić information content (AvgIpc) is 2.84. The van der Waals surface area contributed by atoms with E-state index in [1.807, 2.05) is 0 Å². The number of fused-ring (bicyclic) bond motifs is 1. The first-order chi connectivity index (χ1) is 7.25. The molecule has 1 aromatic rings. The molecule has 6 heteroatoms. The van der Waals surface area contributed by atoms with E-state index in [0.717, 1.165) is 43.5 Å². The summed E-state index contributed by atoms with van der Waals surface area (Å²) >= 11 is 7.09. The zero-order chi connectivity index (χ0) is 10.4. The van der Waals surface area contributed by atoms with Crippen molar-refractivity contribution in [2.24, 2.45) is 11.8 Å². The Labute approximate surface area is 97.2 Å². The quantitative estimate of drug-likeness (QED) is 0.813. The van der Waals surface area contributed by atoms with Crippen LogP contribution in [0.25, 0.3) is 0 Å². The van der Waals surface area contributed by atoms with Crippen molar-refractivity contribution in [1.82, 2.24) is 8.75 Å². The number of aliphatic hydroxyl groups excluding tert-OH is 1. The summed E-state index contributed by atoms with van der Waals surface area (Å²) in [6.07, 6.45) is 1.94. The molecule has 4 nitrogen and oxygen atoms in total. The average molecular weight is 246 g/mol. The number of rotatable bonds is 1. The fourth-order valence-electron chi connectivity index (χ4n) is 2.77. The Balaban J connectivity index is 1.80. The van der Waals surface area contributed by atoms with E-state index in [2.05, 4.69) is 13.6 Å². The molecule has 1 N–H and O–H groups in total. The van der Waals surface area contributed by atoms with E-state index >= 15 is 0 Å². The van der Waals surface area contributed by atoms with Crippen molar-refractivity contribution in [1.29, 1.82) is 0 Å². The second-order valence-electron chi connectivity index (χ2n) is 4.35. The van der Waals surface area contributed by atoms with Gasteiger partial charge in [-0.2, -0.15) is 8.75 Å². The summed E-state index contributed by atoms with van der Waals surface area (Å²) in [5, 5.41) is 10.3. The summed E-state index contributed by atoms with van der Waals surface area (Å²) in [7, 11) is 0. The number of nitrogens with zero attached hydrogens (tertiary/aromatic N) is 3. The predicted octanol–water partition coefficient (Wildman–Crippen LogP) is 1.40. The van der Waals surface area contributed by atoms with Gasteiger partial charge in [-0.3, -0.25) is 0 Å². The molecular weight excluding hydrogens is 234 g/mol. The number of aromatic nitrogens is 2. The van der Waals surface area contributed by atoms with Crippen molar-refractivity contribution in [3.8, 4) is 0 Å². The molecule has 1 aliphatic heterocycles. The lowest BCUT2D eigenvalue weighted by atomic mass is 10.00. The lowest BCUT2D eigenvalue weighted by Gasteiger charge is -2.17. The molecule has 2 fully saturated rings. The van der Waals surface area contributed by atoms with Crippen LogP contribution in [-0.4, -0.2) is 33.0 Å². The molecule has 2 heterocycles. The molecule has 0 amide bonds. The van der Waals surface area contributed by atoms with Crippen LogP contribution >= 0.6 is 23.3 Å². The third kappa shape index (κ3) is 1.53. The van der Waals surface area contributed by atoms with Gasteiger partial charge in [0.1, 0.15) is 0 Å². The van der Waals surface area contributed by atoms with E-state index < -0.39 is 0 Å². The van der Waals surface area contributed by atoms with Gasteiger partial charge in [0.05, 0.1) is 17.8 Å². The van der Waals surface area contributed by atoms with Gasteiger partial charge in [-0.25, -0.2) is 0 Å². The summed E-state index contributed by atoms with van der Waals surface area (Å²) in [6.45, 7) is 1.84. The number of hydrogen-bond acceptors (Lipinski definition) is 5. The minimum atomic E-state index is -0.134. The highest BCUT2D eigenvalue weighted by Crippen LogP contribution is 2.40. The summed E-state index contributed by atoms with van der Waals surface area (Å²) in [5.74, 6) is 1.81. The molecule has 1 aromatic heterocycles. The van der Waals surface area contributed by atoms with Crippen LogP contribution < -0.4 is 4.90 Å². The van der Waals surface area contributed by atoms with Gasteiger partial charge in [-0.15, -0.1) is 0 Å². The number of anilines is 1. The summed E-state index contributed by atoms with van der Waals surface area (Å²) < 4.78 is 8.16. The third-order valence-electron chi connectivity index (χ3n) is 3.55. The summed E-state index contributed by atoms with van der Waals surface area (Å²) in [6, 6.07) is 0. The normalized spacial score (nSPS) is 34.8. The first kappa shape index (κ1) is 9.81. The molecule has 3 atom stereocenters. The van der Waals surface area contributed by atoms with Gasteiger partial charge in [0.2, 0.25) is 0 Å². The zero-order valence-corrected chi connectivity index (χ0v) is 9.71. The molecule has 0 spiro atoms. The SMILES string of the molecule is OC1CCC2CN(c3nsnc3Cl)CC12. The Bertz CT molecular complexity index is 372. The van der Waals surface area contributed by atoms with Crippen LogP contribution in [0.3, 0.4) is 0 Å². The highest BCUT2D eigenvalue weighted by molar-refractivity contribution is 6.99. The summed E-state index contributed by atoms with van der Waals surface area (Å²) in [5.41, 5.74) is 0. The van der Waals surface area contributed by atoms with Crippen molar-refractivity contribution in [2.75, 3.05) is 18.0 Å². The fourth-order valence-corrected chi connectivity index (χ4v) is 3.55. The molecule has 1 saturated carbocycles. The molecule has 3 unspecified atom stereocenters. The van der Waals surface area contributed by atoms with Gasteiger partial charge < -0.3 is 10.0 Å². The summed E-state index contributed by atoms with van der Waals surface area (Å²) in [4.78, 5) is 2.16. The Morgan fingerprint density at radius 2 is 2.20 bits per heavy atom. The molecule has 1 saturated heterocycles. The van der Waals surface area contributed by atoms with Gasteiger partial charge in [0, 0.05) is 19.0 Å². The van der Waals surface area contributed by atoms with Crippen molar-refractivity contribution in [2.45, 2.75) is 18.9 Å². The monoisotopic (exact) mass is 245 g/mol. The maximum atomic E-state index is 9.79. The van der Waals surface area contributed by atoms with Gasteiger partial charge in [0.15, 0.2) is 11.0 Å². The first-order valence-corrected chi connectivity index (χ1v) is 6.27. The van der Waals surface area contributed by atoms with E-state index in [-0.39, 0.29) is 6.10 Å². The molecule has 15 heavy (non-hydrogen) atoms. The highest BCUT2D eigenvalue weighted by Gasteiger charge is 2.42. The molecule has 0 bridgehead atoms. The Morgan fingerprint density at radius 1 is 1.33 bits per heavy atom. The van der Waals surface area contributed by atoms with E-state index in [1.165, 1.54) is 0 Å². The minimum Gasteiger partial charge on any atom is -0.393 e. The largest absolute Gasteiger partial charge is 0.393 e. The Morgan fingerprint density at radius 3 is 2.87 bits per heavy atom. The topological polar surface area (TPSA) is 49.2 Å². The van der Waals surface area contributed by atoms with Gasteiger partial charge in [-0.1, -0.05) is 11.6 Å². The number of aliphatic hydroxyl groups is 1. The van der Waals surface area contributed by atoms with Crippen LogP contribution in [0, 0.1) is 11.8 Å². The first-order valence-electron chi connectivity index (χ1n) is 5.17. The van der Waals surface area contributed by atoms with E-state index in [1.54, 1.807) is 0 Å². The van der Waals surface area contributed by atoms with Crippen molar-refractivity contribution < 1.29 is 5.11 Å². The smallest absolute Gasteiger partial charge is 0.187 e. The standard InChI is InChI=1S/C9H12ClN3OS/c10-8-9(12-15-11-8)13-3-5-1-2-7(14)6(5)4-13/h5-7,14H,1-4H2. The van der Waals surface area contributed by atoms with Crippen LogP contribution in [0.15, 0.2) is 0 Å². The maximum absolute atomic E-state index is 9.79. The lowest BCUT2D eigenvalue weighted by molar-refractivity contribution is 0.133. The predicted molar refractivity (Wildman–Crippen MR) is 59.4 cm³/mol. The lowest BCUT2D eigenvalue weighted by Crippen LogP contribution is -2.24. The van der Waals surface area contributed by atoms with Gasteiger partial charge in [0.25, 0.3) is 0 Å². The van der Waals surface area contributed by atoms with Crippen molar-refractivity contribution in [3.63, 3.8) is 0 Å². The molecule has 82 valence electrons. The van der Waals surface area contributed by atoms with Crippen molar-refractivity contribution in [3.05, 3.63) is 5.15 Å². The number of hydrogen-bond donors (Lipinski definition) is 1. The molecular formula is C9H12ClN3OS. The van der Waals surface area contributed by atoms with Crippen molar-refractivity contribution >= 4 is 29.1 Å². The highest BCUT2D eigenvalue weighted by atomic mass is 35.5. The van der Waals surface area contributed by atoms with Crippen LogP contribution in [0.1, 0.15) is 12.8 Å². The minimum absolute atomic E-state index is 0.134. The molecule has 1 aliphatic carbocycles. The number of halogens is 1. The molecule has 2 aliphatic rings. The van der Waals surface area contributed by atoms with E-state index in [4.69, 9.17) is 11.6 Å². The second-order valence-corrected chi connectivity index (χ2v) is 5.24. The van der Waals surface area contributed by atoms with Gasteiger partial charge in [-0.05, 0) is 18.8 Å². The van der Waals surface area contributed by atoms with Crippen LogP contribution in [0.5, 0.6) is 0 Å². The van der Waals surface area contributed by atoms with Crippen LogP contribution in [0.2, 0.25) is 5.15 Å². The maximum Gasteiger partial charge on any atom is 0.187 e. The zero-order valence-electron chi connectivity index (χ0n) is 8.14. The fraction of sp³-hybridized carbons (Fsp3) is 0.778. The van der Waals surface area contributed by atoms with Crippen LogP contribution in [-0.2, 0) is 0 Å². The Hall–Kier alpha value is -0.390. The van der Waals surface area contributed by atoms with Gasteiger partial charge >= 0.3 is 0 Å². The second kappa shape index (κ2) is 3.57.